The number of hydrogen-bond acceptors (Lipinski definition) is 1. The first-order valence-corrected chi connectivity index (χ1v) is 7.72. The van der Waals surface area contributed by atoms with Crippen molar-refractivity contribution in [1.82, 2.24) is 0 Å². The third-order valence-electron chi connectivity index (χ3n) is 4.61. The van der Waals surface area contributed by atoms with Crippen molar-refractivity contribution >= 4 is 5.78 Å². The molecule has 0 aliphatic carbocycles. The summed E-state index contributed by atoms with van der Waals surface area (Å²) in [6.07, 6.45) is 1.64. The van der Waals surface area contributed by atoms with Gasteiger partial charge in [-0.1, -0.05) is 61.9 Å². The predicted octanol–water partition coefficient (Wildman–Crippen LogP) is 5.24. The Morgan fingerprint density at radius 1 is 0.952 bits per heavy atom. The Morgan fingerprint density at radius 3 is 2.14 bits per heavy atom. The van der Waals surface area contributed by atoms with Gasteiger partial charge < -0.3 is 0 Å². The van der Waals surface area contributed by atoms with Gasteiger partial charge in [0.05, 0.1) is 5.41 Å². The Labute approximate surface area is 128 Å². The maximum absolute atomic E-state index is 13.3. The van der Waals surface area contributed by atoms with Crippen LogP contribution in [0.4, 0.5) is 0 Å². The van der Waals surface area contributed by atoms with E-state index in [4.69, 9.17) is 0 Å². The number of hydrogen-bond donors (Lipinski definition) is 0. The molecule has 1 heteroatoms. The maximum Gasteiger partial charge on any atom is 0.173 e. The third kappa shape index (κ3) is 2.78. The van der Waals surface area contributed by atoms with E-state index >= 15 is 0 Å². The lowest BCUT2D eigenvalue weighted by Gasteiger charge is -2.31. The first-order chi connectivity index (χ1) is 10.0. The van der Waals surface area contributed by atoms with E-state index in [9.17, 15) is 4.79 Å². The number of carbonyl (C=O) groups excluding carboxylic acids is 1. The van der Waals surface area contributed by atoms with E-state index in [-0.39, 0.29) is 5.78 Å². The Hall–Kier alpha value is -1.89. The molecule has 0 heterocycles. The third-order valence-corrected chi connectivity index (χ3v) is 4.61. The molecule has 2 aromatic rings. The summed E-state index contributed by atoms with van der Waals surface area (Å²) < 4.78 is 0. The molecule has 0 aromatic heterocycles. The number of rotatable bonds is 5. The monoisotopic (exact) mass is 280 g/mol. The average Bonchev–Trinajstić information content (AvgIpc) is 2.52. The van der Waals surface area contributed by atoms with Crippen molar-refractivity contribution in [3.63, 3.8) is 0 Å². The second kappa shape index (κ2) is 6.26. The molecular formula is C20H24O. The molecule has 0 unspecified atom stereocenters. The second-order valence-electron chi connectivity index (χ2n) is 5.80. The molecule has 0 fully saturated rings. The van der Waals surface area contributed by atoms with Crippen LogP contribution >= 0.6 is 0 Å². The van der Waals surface area contributed by atoms with Crippen molar-refractivity contribution in [2.24, 2.45) is 0 Å². The molecule has 21 heavy (non-hydrogen) atoms. The summed E-state index contributed by atoms with van der Waals surface area (Å²) in [5, 5.41) is 0. The summed E-state index contributed by atoms with van der Waals surface area (Å²) >= 11 is 0. The smallest absolute Gasteiger partial charge is 0.173 e. The van der Waals surface area contributed by atoms with E-state index in [0.717, 1.165) is 35.1 Å². The zero-order valence-electron chi connectivity index (χ0n) is 13.4. The molecule has 0 radical (unpaired) electrons. The Morgan fingerprint density at radius 2 is 1.57 bits per heavy atom. The number of Topliss-reactive ketones (excluding diaryl/α,β-unsaturated/α-hetero) is 1. The fourth-order valence-corrected chi connectivity index (χ4v) is 3.11. The molecule has 0 spiro atoms. The quantitative estimate of drug-likeness (QED) is 0.684. The summed E-state index contributed by atoms with van der Waals surface area (Å²) in [4.78, 5) is 13.3. The van der Waals surface area contributed by atoms with E-state index < -0.39 is 5.41 Å². The fourth-order valence-electron chi connectivity index (χ4n) is 3.11. The standard InChI is InChI=1S/C20H24O/c1-5-20(6-2,17-10-8-7-9-11-17)19(21)18-14-15(3)12-13-16(18)4/h7-14H,5-6H2,1-4H3. The van der Waals surface area contributed by atoms with Gasteiger partial charge in [-0.25, -0.2) is 0 Å². The van der Waals surface area contributed by atoms with Gasteiger partial charge in [0.15, 0.2) is 5.78 Å². The molecule has 1 nitrogen and oxygen atoms in total. The van der Waals surface area contributed by atoms with Crippen LogP contribution in [0.3, 0.4) is 0 Å². The molecular weight excluding hydrogens is 256 g/mol. The van der Waals surface area contributed by atoms with Crippen molar-refractivity contribution in [2.75, 3.05) is 0 Å². The van der Waals surface area contributed by atoms with Crippen molar-refractivity contribution < 1.29 is 4.79 Å². The van der Waals surface area contributed by atoms with Gasteiger partial charge in [-0.3, -0.25) is 4.79 Å². The van der Waals surface area contributed by atoms with Crippen LogP contribution in [0.25, 0.3) is 0 Å². The molecule has 0 bridgehead atoms. The van der Waals surface area contributed by atoms with Crippen LogP contribution in [0.15, 0.2) is 48.5 Å². The molecule has 2 aromatic carbocycles. The average molecular weight is 280 g/mol. The van der Waals surface area contributed by atoms with Gasteiger partial charge in [-0.2, -0.15) is 0 Å². The number of aryl methyl sites for hydroxylation is 2. The van der Waals surface area contributed by atoms with Crippen molar-refractivity contribution in [2.45, 2.75) is 46.0 Å². The van der Waals surface area contributed by atoms with Gasteiger partial charge in [0.2, 0.25) is 0 Å². The fraction of sp³-hybridized carbons (Fsp3) is 0.350. The highest BCUT2D eigenvalue weighted by molar-refractivity contribution is 6.05. The minimum Gasteiger partial charge on any atom is -0.293 e. The van der Waals surface area contributed by atoms with E-state index in [0.29, 0.717) is 0 Å². The minimum absolute atomic E-state index is 0.250. The van der Waals surface area contributed by atoms with Gasteiger partial charge in [0, 0.05) is 5.56 Å². The van der Waals surface area contributed by atoms with Crippen LogP contribution in [0, 0.1) is 13.8 Å². The van der Waals surface area contributed by atoms with Crippen LogP contribution in [-0.2, 0) is 5.41 Å². The number of benzene rings is 2. The lowest BCUT2D eigenvalue weighted by Crippen LogP contribution is -2.35. The normalized spacial score (nSPS) is 11.4. The molecule has 110 valence electrons. The lowest BCUT2D eigenvalue weighted by molar-refractivity contribution is 0.0872. The van der Waals surface area contributed by atoms with Crippen LogP contribution in [0.2, 0.25) is 0 Å². The summed E-state index contributed by atoms with van der Waals surface area (Å²) in [6, 6.07) is 16.3. The number of ketones is 1. The summed E-state index contributed by atoms with van der Waals surface area (Å²) in [5.74, 6) is 0.250. The van der Waals surface area contributed by atoms with Crippen LogP contribution in [0.1, 0.15) is 53.7 Å². The molecule has 0 N–H and O–H groups in total. The highest BCUT2D eigenvalue weighted by Gasteiger charge is 2.37. The highest BCUT2D eigenvalue weighted by atomic mass is 16.1. The molecule has 0 aliphatic heterocycles. The van der Waals surface area contributed by atoms with Gasteiger partial charge in [0.25, 0.3) is 0 Å². The molecule has 0 aliphatic rings. The topological polar surface area (TPSA) is 17.1 Å². The molecule has 2 rings (SSSR count). The zero-order valence-corrected chi connectivity index (χ0v) is 13.4. The SMILES string of the molecule is CCC(CC)(C(=O)c1cc(C)ccc1C)c1ccccc1. The van der Waals surface area contributed by atoms with Crippen LogP contribution in [0.5, 0.6) is 0 Å². The lowest BCUT2D eigenvalue weighted by atomic mass is 9.70. The van der Waals surface area contributed by atoms with Gasteiger partial charge in [-0.15, -0.1) is 0 Å². The van der Waals surface area contributed by atoms with Crippen LogP contribution in [-0.4, -0.2) is 5.78 Å². The Kier molecular flexibility index (Phi) is 4.62. The first-order valence-electron chi connectivity index (χ1n) is 7.72. The summed E-state index contributed by atoms with van der Waals surface area (Å²) in [5.41, 5.74) is 3.77. The minimum atomic E-state index is -0.417. The Bertz CT molecular complexity index is 622. The van der Waals surface area contributed by atoms with E-state index in [1.807, 2.05) is 44.2 Å². The molecule has 0 atom stereocenters. The largest absolute Gasteiger partial charge is 0.293 e. The highest BCUT2D eigenvalue weighted by Crippen LogP contribution is 2.36. The predicted molar refractivity (Wildman–Crippen MR) is 88.9 cm³/mol. The van der Waals surface area contributed by atoms with E-state index in [1.165, 1.54) is 0 Å². The van der Waals surface area contributed by atoms with Crippen molar-refractivity contribution in [3.05, 3.63) is 70.8 Å². The first kappa shape index (κ1) is 15.5. The zero-order chi connectivity index (χ0) is 15.5. The van der Waals surface area contributed by atoms with Gasteiger partial charge >= 0.3 is 0 Å². The van der Waals surface area contributed by atoms with Crippen molar-refractivity contribution in [3.8, 4) is 0 Å². The molecule has 0 amide bonds. The van der Waals surface area contributed by atoms with E-state index in [1.54, 1.807) is 0 Å². The molecule has 0 saturated carbocycles. The van der Waals surface area contributed by atoms with Crippen LogP contribution < -0.4 is 0 Å². The van der Waals surface area contributed by atoms with Gasteiger partial charge in [0.1, 0.15) is 0 Å². The summed E-state index contributed by atoms with van der Waals surface area (Å²) in [7, 11) is 0. The van der Waals surface area contributed by atoms with Gasteiger partial charge in [-0.05, 0) is 43.9 Å². The summed E-state index contributed by atoms with van der Waals surface area (Å²) in [6.45, 7) is 8.28. The van der Waals surface area contributed by atoms with Crippen molar-refractivity contribution in [1.29, 1.82) is 0 Å². The van der Waals surface area contributed by atoms with E-state index in [2.05, 4.69) is 32.0 Å². The maximum atomic E-state index is 13.3. The molecule has 0 saturated heterocycles. The Balaban J connectivity index is 2.57. The number of carbonyl (C=O) groups is 1. The second-order valence-corrected chi connectivity index (χ2v) is 5.80.